The Kier molecular flexibility index (Phi) is 2.56. The minimum Gasteiger partial charge on any atom is -0.496 e. The summed E-state index contributed by atoms with van der Waals surface area (Å²) in [6.45, 7) is 4.07. The van der Waals surface area contributed by atoms with Gasteiger partial charge in [-0.05, 0) is 31.0 Å². The quantitative estimate of drug-likeness (QED) is 0.811. The molecule has 3 N–H and O–H groups in total. The Bertz CT molecular complexity index is 517. The number of aromatic amines is 1. The molecule has 1 heterocycles. The number of aromatic nitrogens is 2. The first-order valence-corrected chi connectivity index (χ1v) is 5.08. The highest BCUT2D eigenvalue weighted by Crippen LogP contribution is 2.33. The van der Waals surface area contributed by atoms with Crippen molar-refractivity contribution in [2.45, 2.75) is 13.8 Å². The van der Waals surface area contributed by atoms with Crippen LogP contribution in [0.5, 0.6) is 5.75 Å². The lowest BCUT2D eigenvalue weighted by Crippen LogP contribution is -1.93. The molecule has 0 amide bonds. The van der Waals surface area contributed by atoms with Gasteiger partial charge in [0.2, 0.25) is 0 Å². The van der Waals surface area contributed by atoms with Crippen molar-refractivity contribution in [2.75, 3.05) is 12.8 Å². The Morgan fingerprint density at radius 1 is 1.25 bits per heavy atom. The molecule has 0 aliphatic rings. The van der Waals surface area contributed by atoms with Crippen LogP contribution in [0.3, 0.4) is 0 Å². The molecule has 4 heteroatoms. The zero-order valence-corrected chi connectivity index (χ0v) is 9.66. The largest absolute Gasteiger partial charge is 0.496 e. The molecule has 0 aliphatic carbocycles. The fourth-order valence-electron chi connectivity index (χ4n) is 1.90. The molecular formula is C12H15N3O. The molecule has 1 aromatic carbocycles. The van der Waals surface area contributed by atoms with Crippen molar-refractivity contribution in [3.05, 3.63) is 29.3 Å². The van der Waals surface area contributed by atoms with E-state index in [0.29, 0.717) is 5.82 Å². The molecule has 84 valence electrons. The van der Waals surface area contributed by atoms with Crippen molar-refractivity contribution < 1.29 is 4.74 Å². The predicted molar refractivity (Wildman–Crippen MR) is 64.5 cm³/mol. The number of methoxy groups -OCH3 is 1. The molecular weight excluding hydrogens is 202 g/mol. The number of nitrogens with one attached hydrogen (secondary N) is 1. The number of ether oxygens (including phenoxy) is 1. The number of hydrogen-bond acceptors (Lipinski definition) is 3. The van der Waals surface area contributed by atoms with Crippen LogP contribution in [0.15, 0.2) is 18.2 Å². The van der Waals surface area contributed by atoms with E-state index in [1.807, 2.05) is 6.92 Å². The summed E-state index contributed by atoms with van der Waals surface area (Å²) >= 11 is 0. The molecule has 2 aromatic rings. The van der Waals surface area contributed by atoms with Gasteiger partial charge in [0.05, 0.1) is 12.8 Å². The van der Waals surface area contributed by atoms with Crippen LogP contribution < -0.4 is 10.5 Å². The van der Waals surface area contributed by atoms with Gasteiger partial charge in [0, 0.05) is 11.6 Å². The maximum atomic E-state index is 5.60. The summed E-state index contributed by atoms with van der Waals surface area (Å²) in [7, 11) is 1.67. The average Bonchev–Trinajstić information content (AvgIpc) is 2.63. The van der Waals surface area contributed by atoms with Gasteiger partial charge >= 0.3 is 0 Å². The summed E-state index contributed by atoms with van der Waals surface area (Å²) in [5, 5.41) is 6.82. The van der Waals surface area contributed by atoms with Gasteiger partial charge in [-0.3, -0.25) is 5.10 Å². The lowest BCUT2D eigenvalue weighted by Gasteiger charge is -2.11. The Hall–Kier alpha value is -1.97. The first-order valence-electron chi connectivity index (χ1n) is 5.08. The molecule has 0 aliphatic heterocycles. The maximum absolute atomic E-state index is 5.60. The van der Waals surface area contributed by atoms with Crippen molar-refractivity contribution in [1.82, 2.24) is 10.2 Å². The Morgan fingerprint density at radius 2 is 2.00 bits per heavy atom. The average molecular weight is 217 g/mol. The second kappa shape index (κ2) is 3.89. The summed E-state index contributed by atoms with van der Waals surface area (Å²) in [5.74, 6) is 1.34. The lowest BCUT2D eigenvalue weighted by molar-refractivity contribution is 0.413. The number of nitrogens with two attached hydrogens (primary N) is 1. The summed E-state index contributed by atoms with van der Waals surface area (Å²) in [4.78, 5) is 0. The number of hydrogen-bond donors (Lipinski definition) is 2. The predicted octanol–water partition coefficient (Wildman–Crippen LogP) is 2.28. The summed E-state index contributed by atoms with van der Waals surface area (Å²) in [5.41, 5.74) is 9.75. The van der Waals surface area contributed by atoms with E-state index in [2.05, 4.69) is 29.3 Å². The molecule has 0 atom stereocenters. The number of H-pyrrole nitrogens is 1. The van der Waals surface area contributed by atoms with Gasteiger partial charge in [-0.25, -0.2) is 0 Å². The van der Waals surface area contributed by atoms with Crippen molar-refractivity contribution in [2.24, 2.45) is 0 Å². The van der Waals surface area contributed by atoms with Crippen LogP contribution in [0, 0.1) is 13.8 Å². The molecule has 16 heavy (non-hydrogen) atoms. The Labute approximate surface area is 94.4 Å². The molecule has 0 unspecified atom stereocenters. The van der Waals surface area contributed by atoms with Gasteiger partial charge in [0.15, 0.2) is 0 Å². The van der Waals surface area contributed by atoms with Crippen molar-refractivity contribution in [1.29, 1.82) is 0 Å². The molecule has 0 radical (unpaired) electrons. The molecule has 0 bridgehead atoms. The molecule has 4 nitrogen and oxygen atoms in total. The van der Waals surface area contributed by atoms with Gasteiger partial charge in [-0.2, -0.15) is 5.10 Å². The van der Waals surface area contributed by atoms with Crippen LogP contribution in [0.25, 0.3) is 11.3 Å². The second-order valence-corrected chi connectivity index (χ2v) is 3.87. The maximum Gasteiger partial charge on any atom is 0.145 e. The summed E-state index contributed by atoms with van der Waals surface area (Å²) in [6, 6.07) is 5.94. The van der Waals surface area contributed by atoms with Crippen molar-refractivity contribution in [3.8, 4) is 17.0 Å². The number of anilines is 1. The Morgan fingerprint density at radius 3 is 2.56 bits per heavy atom. The third-order valence-corrected chi connectivity index (χ3v) is 2.51. The highest BCUT2D eigenvalue weighted by atomic mass is 16.5. The highest BCUT2D eigenvalue weighted by molar-refractivity contribution is 5.71. The van der Waals surface area contributed by atoms with Gasteiger partial charge in [0.25, 0.3) is 0 Å². The van der Waals surface area contributed by atoms with E-state index >= 15 is 0 Å². The van der Waals surface area contributed by atoms with Crippen LogP contribution in [-0.2, 0) is 0 Å². The number of aryl methyl sites for hydroxylation is 2. The third-order valence-electron chi connectivity index (χ3n) is 2.51. The topological polar surface area (TPSA) is 63.9 Å². The van der Waals surface area contributed by atoms with Gasteiger partial charge in [0.1, 0.15) is 11.6 Å². The SMILES string of the molecule is COc1c(C)cc(C)cc1-c1cc(N)n[nH]1. The van der Waals surface area contributed by atoms with E-state index in [1.165, 1.54) is 5.56 Å². The molecule has 0 saturated carbocycles. The summed E-state index contributed by atoms with van der Waals surface area (Å²) < 4.78 is 5.41. The first-order chi connectivity index (χ1) is 7.61. The van der Waals surface area contributed by atoms with Crippen molar-refractivity contribution >= 4 is 5.82 Å². The van der Waals surface area contributed by atoms with E-state index < -0.39 is 0 Å². The standard InChI is InChI=1S/C12H15N3O/c1-7-4-8(2)12(16-3)9(5-7)10-6-11(13)15-14-10/h4-6H,1-3H3,(H3,13,14,15). The first kappa shape index (κ1) is 10.5. The molecule has 0 spiro atoms. The zero-order valence-electron chi connectivity index (χ0n) is 9.66. The van der Waals surface area contributed by atoms with Crippen LogP contribution in [0.4, 0.5) is 5.82 Å². The molecule has 2 rings (SSSR count). The van der Waals surface area contributed by atoms with E-state index in [0.717, 1.165) is 22.6 Å². The van der Waals surface area contributed by atoms with Gasteiger partial charge < -0.3 is 10.5 Å². The van der Waals surface area contributed by atoms with Crippen LogP contribution in [0.1, 0.15) is 11.1 Å². The van der Waals surface area contributed by atoms with Crippen molar-refractivity contribution in [3.63, 3.8) is 0 Å². The molecule has 0 saturated heterocycles. The smallest absolute Gasteiger partial charge is 0.145 e. The minimum absolute atomic E-state index is 0.483. The fraction of sp³-hybridized carbons (Fsp3) is 0.250. The molecule has 1 aromatic heterocycles. The van der Waals surface area contributed by atoms with E-state index in [9.17, 15) is 0 Å². The zero-order chi connectivity index (χ0) is 11.7. The normalized spacial score (nSPS) is 10.4. The van der Waals surface area contributed by atoms with Gasteiger partial charge in [-0.1, -0.05) is 6.07 Å². The third kappa shape index (κ3) is 1.74. The number of nitrogen functional groups attached to an aromatic ring is 1. The van der Waals surface area contributed by atoms with E-state index in [1.54, 1.807) is 13.2 Å². The van der Waals surface area contributed by atoms with Crippen LogP contribution in [-0.4, -0.2) is 17.3 Å². The lowest BCUT2D eigenvalue weighted by atomic mass is 10.0. The van der Waals surface area contributed by atoms with Crippen LogP contribution in [0.2, 0.25) is 0 Å². The van der Waals surface area contributed by atoms with Crippen LogP contribution >= 0.6 is 0 Å². The number of nitrogens with zero attached hydrogens (tertiary/aromatic N) is 1. The number of benzene rings is 1. The summed E-state index contributed by atoms with van der Waals surface area (Å²) in [6.07, 6.45) is 0. The number of rotatable bonds is 2. The molecule has 0 fully saturated rings. The highest BCUT2D eigenvalue weighted by Gasteiger charge is 2.11. The van der Waals surface area contributed by atoms with Gasteiger partial charge in [-0.15, -0.1) is 0 Å². The van der Waals surface area contributed by atoms with E-state index in [-0.39, 0.29) is 0 Å². The fourth-order valence-corrected chi connectivity index (χ4v) is 1.90. The minimum atomic E-state index is 0.483. The monoisotopic (exact) mass is 217 g/mol. The van der Waals surface area contributed by atoms with E-state index in [4.69, 9.17) is 10.5 Å². The second-order valence-electron chi connectivity index (χ2n) is 3.87. The Balaban J connectivity index is 2.63.